The van der Waals surface area contributed by atoms with Gasteiger partial charge < -0.3 is 19.0 Å². The van der Waals surface area contributed by atoms with E-state index < -0.39 is 0 Å². The molecule has 0 saturated heterocycles. The SMILES string of the molecule is CC(=O)COCCNC(=O)c1ccc2c(c1)nc(Nc1nc3ccccc3o1)n2C. The number of carbonyl (C=O) groups is 2. The topological polar surface area (TPSA) is 111 Å². The lowest BCUT2D eigenvalue weighted by Gasteiger charge is -2.06. The van der Waals surface area contributed by atoms with Gasteiger partial charge in [0.25, 0.3) is 5.91 Å². The van der Waals surface area contributed by atoms with Crippen molar-refractivity contribution < 1.29 is 18.7 Å². The van der Waals surface area contributed by atoms with Crippen molar-refractivity contribution in [3.8, 4) is 0 Å². The monoisotopic (exact) mass is 407 g/mol. The van der Waals surface area contributed by atoms with Crippen LogP contribution in [0.4, 0.5) is 12.0 Å². The third-order valence-corrected chi connectivity index (χ3v) is 4.49. The largest absolute Gasteiger partial charge is 0.423 e. The highest BCUT2D eigenvalue weighted by Crippen LogP contribution is 2.24. The molecule has 2 N–H and O–H groups in total. The van der Waals surface area contributed by atoms with E-state index in [1.54, 1.807) is 12.1 Å². The minimum absolute atomic E-state index is 0.0473. The molecule has 0 atom stereocenters. The fourth-order valence-corrected chi connectivity index (χ4v) is 3.03. The molecular formula is C21H21N5O4. The van der Waals surface area contributed by atoms with Gasteiger partial charge in [0, 0.05) is 19.2 Å². The van der Waals surface area contributed by atoms with Crippen LogP contribution in [0.15, 0.2) is 46.9 Å². The summed E-state index contributed by atoms with van der Waals surface area (Å²) in [7, 11) is 1.87. The molecule has 0 unspecified atom stereocenters. The molecule has 0 spiro atoms. The van der Waals surface area contributed by atoms with E-state index in [2.05, 4.69) is 20.6 Å². The van der Waals surface area contributed by atoms with E-state index in [1.807, 2.05) is 41.9 Å². The van der Waals surface area contributed by atoms with Crippen molar-refractivity contribution >= 4 is 45.8 Å². The van der Waals surface area contributed by atoms with Crippen molar-refractivity contribution in [2.45, 2.75) is 6.92 Å². The number of ether oxygens (including phenoxy) is 1. The number of oxazole rings is 1. The van der Waals surface area contributed by atoms with Crippen LogP contribution in [0.1, 0.15) is 17.3 Å². The van der Waals surface area contributed by atoms with E-state index in [-0.39, 0.29) is 24.9 Å². The number of amides is 1. The Bertz CT molecular complexity index is 1190. The zero-order valence-corrected chi connectivity index (χ0v) is 16.6. The van der Waals surface area contributed by atoms with Crippen LogP contribution in [0.5, 0.6) is 0 Å². The Labute approximate surface area is 172 Å². The van der Waals surface area contributed by atoms with Crippen LogP contribution in [0.3, 0.4) is 0 Å². The molecule has 9 nitrogen and oxygen atoms in total. The Hall–Kier alpha value is -3.72. The fourth-order valence-electron chi connectivity index (χ4n) is 3.03. The molecular weight excluding hydrogens is 386 g/mol. The van der Waals surface area contributed by atoms with E-state index in [4.69, 9.17) is 9.15 Å². The van der Waals surface area contributed by atoms with Crippen molar-refractivity contribution in [3.63, 3.8) is 0 Å². The maximum Gasteiger partial charge on any atom is 0.302 e. The molecule has 0 aliphatic carbocycles. The van der Waals surface area contributed by atoms with Crippen molar-refractivity contribution in [1.29, 1.82) is 0 Å². The Kier molecular flexibility index (Phi) is 5.44. The molecule has 0 saturated carbocycles. The number of Topliss-reactive ketones (excluding diaryl/α,β-unsaturated/α-hetero) is 1. The number of rotatable bonds is 8. The Morgan fingerprint density at radius 3 is 2.77 bits per heavy atom. The lowest BCUT2D eigenvalue weighted by Crippen LogP contribution is -2.27. The summed E-state index contributed by atoms with van der Waals surface area (Å²) in [6, 6.07) is 13.1. The summed E-state index contributed by atoms with van der Waals surface area (Å²) < 4.78 is 12.7. The summed E-state index contributed by atoms with van der Waals surface area (Å²) in [5.74, 6) is 0.262. The molecule has 0 fully saturated rings. The third kappa shape index (κ3) is 4.15. The normalized spacial score (nSPS) is 11.1. The molecule has 154 valence electrons. The average molecular weight is 407 g/mol. The van der Waals surface area contributed by atoms with Crippen LogP contribution in [0.25, 0.3) is 22.1 Å². The highest BCUT2D eigenvalue weighted by atomic mass is 16.5. The number of aryl methyl sites for hydroxylation is 1. The van der Waals surface area contributed by atoms with Crippen molar-refractivity contribution in [1.82, 2.24) is 19.9 Å². The quantitative estimate of drug-likeness (QED) is 0.432. The van der Waals surface area contributed by atoms with Crippen LogP contribution in [0, 0.1) is 0 Å². The number of imidazole rings is 1. The molecule has 0 radical (unpaired) electrons. The predicted octanol–water partition coefficient (Wildman–Crippen LogP) is 2.79. The Balaban J connectivity index is 1.47. The minimum Gasteiger partial charge on any atom is -0.423 e. The van der Waals surface area contributed by atoms with Gasteiger partial charge in [0.15, 0.2) is 11.4 Å². The second kappa shape index (κ2) is 8.34. The summed E-state index contributed by atoms with van der Waals surface area (Å²) in [6.45, 7) is 2.09. The zero-order chi connectivity index (χ0) is 21.1. The first-order valence-corrected chi connectivity index (χ1v) is 9.46. The number of benzene rings is 2. The van der Waals surface area contributed by atoms with Gasteiger partial charge in [-0.1, -0.05) is 12.1 Å². The predicted molar refractivity (Wildman–Crippen MR) is 112 cm³/mol. The number of para-hydroxylation sites is 2. The van der Waals surface area contributed by atoms with Gasteiger partial charge in [-0.2, -0.15) is 4.98 Å². The summed E-state index contributed by atoms with van der Waals surface area (Å²) >= 11 is 0. The van der Waals surface area contributed by atoms with Gasteiger partial charge in [0.2, 0.25) is 5.95 Å². The zero-order valence-electron chi connectivity index (χ0n) is 16.6. The number of hydrogen-bond acceptors (Lipinski definition) is 7. The molecule has 2 aromatic carbocycles. The molecule has 2 heterocycles. The number of carbonyl (C=O) groups excluding carboxylic acids is 2. The summed E-state index contributed by atoms with van der Waals surface area (Å²) in [5, 5.41) is 5.85. The molecule has 30 heavy (non-hydrogen) atoms. The van der Waals surface area contributed by atoms with Crippen LogP contribution in [0.2, 0.25) is 0 Å². The smallest absolute Gasteiger partial charge is 0.302 e. The molecule has 2 aromatic heterocycles. The Morgan fingerprint density at radius 1 is 1.13 bits per heavy atom. The van der Waals surface area contributed by atoms with E-state index >= 15 is 0 Å². The highest BCUT2D eigenvalue weighted by Gasteiger charge is 2.14. The van der Waals surface area contributed by atoms with Crippen LogP contribution in [-0.2, 0) is 16.6 Å². The van der Waals surface area contributed by atoms with E-state index in [0.29, 0.717) is 35.2 Å². The number of hydrogen-bond donors (Lipinski definition) is 2. The summed E-state index contributed by atoms with van der Waals surface area (Å²) in [6.07, 6.45) is 0. The van der Waals surface area contributed by atoms with E-state index in [1.165, 1.54) is 6.92 Å². The van der Waals surface area contributed by atoms with Crippen LogP contribution >= 0.6 is 0 Å². The molecule has 4 aromatic rings. The van der Waals surface area contributed by atoms with Gasteiger partial charge in [0.1, 0.15) is 12.1 Å². The third-order valence-electron chi connectivity index (χ3n) is 4.49. The molecule has 9 heteroatoms. The second-order valence-corrected chi connectivity index (χ2v) is 6.82. The lowest BCUT2D eigenvalue weighted by molar-refractivity contribution is -0.121. The lowest BCUT2D eigenvalue weighted by atomic mass is 10.2. The fraction of sp³-hybridized carbons (Fsp3) is 0.238. The maximum absolute atomic E-state index is 12.4. The molecule has 0 aliphatic heterocycles. The number of aromatic nitrogens is 3. The molecule has 1 amide bonds. The van der Waals surface area contributed by atoms with Crippen molar-refractivity contribution in [2.75, 3.05) is 25.1 Å². The van der Waals surface area contributed by atoms with Crippen LogP contribution in [-0.4, -0.2) is 46.0 Å². The van der Waals surface area contributed by atoms with Crippen molar-refractivity contribution in [3.05, 3.63) is 48.0 Å². The number of nitrogens with one attached hydrogen (secondary N) is 2. The number of anilines is 2. The summed E-state index contributed by atoms with van der Waals surface area (Å²) in [5.41, 5.74) is 3.45. The van der Waals surface area contributed by atoms with E-state index in [9.17, 15) is 9.59 Å². The van der Waals surface area contributed by atoms with Gasteiger partial charge in [-0.15, -0.1) is 0 Å². The van der Waals surface area contributed by atoms with Gasteiger partial charge in [-0.3, -0.25) is 14.9 Å². The number of nitrogens with zero attached hydrogens (tertiary/aromatic N) is 3. The molecule has 0 bridgehead atoms. The highest BCUT2D eigenvalue weighted by molar-refractivity contribution is 5.97. The first-order valence-electron chi connectivity index (χ1n) is 9.46. The molecule has 4 rings (SSSR count). The van der Waals surface area contributed by atoms with Crippen molar-refractivity contribution in [2.24, 2.45) is 7.05 Å². The first kappa shape index (κ1) is 19.6. The average Bonchev–Trinajstić information content (AvgIpc) is 3.27. The molecule has 0 aliphatic rings. The van der Waals surface area contributed by atoms with E-state index in [0.717, 1.165) is 11.0 Å². The number of fused-ring (bicyclic) bond motifs is 2. The Morgan fingerprint density at radius 2 is 1.97 bits per heavy atom. The minimum atomic E-state index is -0.234. The van der Waals surface area contributed by atoms with Gasteiger partial charge in [-0.05, 0) is 37.3 Å². The standard InChI is InChI=1S/C21H21N5O4/c1-13(27)12-29-10-9-22-19(28)14-7-8-17-16(11-14)23-20(26(17)2)25-21-24-15-5-3-4-6-18(15)30-21/h3-8,11H,9-10,12H2,1-2H3,(H,22,28)(H,23,24,25). The van der Waals surface area contributed by atoms with Gasteiger partial charge in [-0.25, -0.2) is 4.98 Å². The van der Waals surface area contributed by atoms with Gasteiger partial charge in [0.05, 0.1) is 17.6 Å². The second-order valence-electron chi connectivity index (χ2n) is 6.82. The number of ketones is 1. The maximum atomic E-state index is 12.4. The summed E-state index contributed by atoms with van der Waals surface area (Å²) in [4.78, 5) is 32.2. The van der Waals surface area contributed by atoms with Gasteiger partial charge >= 0.3 is 6.01 Å². The first-order chi connectivity index (χ1) is 14.5. The van der Waals surface area contributed by atoms with Crippen LogP contribution < -0.4 is 10.6 Å².